The van der Waals surface area contributed by atoms with E-state index >= 15 is 0 Å². The summed E-state index contributed by atoms with van der Waals surface area (Å²) in [7, 11) is 0. The maximum Gasteiger partial charge on any atom is 0.273 e. The lowest BCUT2D eigenvalue weighted by Gasteiger charge is -2.52. The molecule has 0 saturated carbocycles. The molecule has 2 aliphatic rings. The van der Waals surface area contributed by atoms with Crippen molar-refractivity contribution in [1.82, 2.24) is 14.9 Å². The van der Waals surface area contributed by atoms with Gasteiger partial charge in [0.1, 0.15) is 11.3 Å². The van der Waals surface area contributed by atoms with Crippen molar-refractivity contribution in [2.24, 2.45) is 0 Å². The zero-order valence-corrected chi connectivity index (χ0v) is 15.1. The van der Waals surface area contributed by atoms with Crippen LogP contribution in [-0.4, -0.2) is 52.2 Å². The van der Waals surface area contributed by atoms with Gasteiger partial charge in [-0.15, -0.1) is 22.7 Å². The number of aryl methyl sites for hydroxylation is 1. The molecule has 24 heavy (non-hydrogen) atoms. The average molecular weight is 365 g/mol. The number of carbonyl (C=O) groups is 1. The summed E-state index contributed by atoms with van der Waals surface area (Å²) in [6, 6.07) is 0. The van der Waals surface area contributed by atoms with Crippen LogP contribution in [0.3, 0.4) is 0 Å². The molecule has 8 heteroatoms. The van der Waals surface area contributed by atoms with Crippen molar-refractivity contribution in [2.45, 2.75) is 38.1 Å². The number of nitrogens with zero attached hydrogens (tertiary/aromatic N) is 3. The molecule has 1 spiro atoms. The number of carbonyl (C=O) groups excluding carboxylic acids is 1. The fourth-order valence-electron chi connectivity index (χ4n) is 3.30. The van der Waals surface area contributed by atoms with E-state index in [-0.39, 0.29) is 17.6 Å². The second kappa shape index (κ2) is 6.51. The van der Waals surface area contributed by atoms with Crippen LogP contribution in [0.5, 0.6) is 0 Å². The summed E-state index contributed by atoms with van der Waals surface area (Å²) in [5.74, 6) is -0.00790. The second-order valence-electron chi connectivity index (χ2n) is 6.35. The van der Waals surface area contributed by atoms with E-state index in [2.05, 4.69) is 9.97 Å². The van der Waals surface area contributed by atoms with Gasteiger partial charge in [0.25, 0.3) is 5.91 Å². The van der Waals surface area contributed by atoms with Crippen molar-refractivity contribution >= 4 is 28.6 Å². The van der Waals surface area contributed by atoms with Crippen LogP contribution in [0.15, 0.2) is 16.3 Å². The molecule has 2 aliphatic heterocycles. The van der Waals surface area contributed by atoms with Crippen LogP contribution in [0.2, 0.25) is 0 Å². The SMILES string of the molecule is Cc1nc(CO[C@H]2CCOC3(C2)CN(C(=O)c2cscn2)C3)cs1. The Morgan fingerprint density at radius 2 is 2.38 bits per heavy atom. The molecule has 0 aliphatic carbocycles. The van der Waals surface area contributed by atoms with Crippen LogP contribution in [-0.2, 0) is 16.1 Å². The van der Waals surface area contributed by atoms with Crippen LogP contribution in [0.25, 0.3) is 0 Å². The minimum absolute atomic E-state index is 0.00790. The third-order valence-electron chi connectivity index (χ3n) is 4.48. The first kappa shape index (κ1) is 16.1. The van der Waals surface area contributed by atoms with Crippen LogP contribution in [0.1, 0.15) is 34.0 Å². The van der Waals surface area contributed by atoms with E-state index < -0.39 is 0 Å². The molecule has 4 heterocycles. The second-order valence-corrected chi connectivity index (χ2v) is 8.13. The number of hydrogen-bond donors (Lipinski definition) is 0. The van der Waals surface area contributed by atoms with Gasteiger partial charge >= 0.3 is 0 Å². The topological polar surface area (TPSA) is 64.6 Å². The molecule has 2 fully saturated rings. The van der Waals surface area contributed by atoms with Crippen molar-refractivity contribution < 1.29 is 14.3 Å². The molecule has 1 atom stereocenters. The Balaban J connectivity index is 1.30. The molecule has 0 N–H and O–H groups in total. The first-order valence-electron chi connectivity index (χ1n) is 7.98. The van der Waals surface area contributed by atoms with Crippen molar-refractivity contribution in [1.29, 1.82) is 0 Å². The molecule has 0 unspecified atom stereocenters. The first-order chi connectivity index (χ1) is 11.6. The number of aromatic nitrogens is 2. The predicted octanol–water partition coefficient (Wildman–Crippen LogP) is 2.50. The quantitative estimate of drug-likeness (QED) is 0.833. The molecule has 0 radical (unpaired) electrons. The van der Waals surface area contributed by atoms with Crippen molar-refractivity contribution in [2.75, 3.05) is 19.7 Å². The Kier molecular flexibility index (Phi) is 4.38. The molecule has 0 aromatic carbocycles. The van der Waals surface area contributed by atoms with Crippen molar-refractivity contribution in [3.8, 4) is 0 Å². The van der Waals surface area contributed by atoms with Crippen molar-refractivity contribution in [3.63, 3.8) is 0 Å². The highest BCUT2D eigenvalue weighted by Crippen LogP contribution is 2.36. The maximum atomic E-state index is 12.3. The zero-order valence-electron chi connectivity index (χ0n) is 13.4. The Morgan fingerprint density at radius 1 is 1.50 bits per heavy atom. The van der Waals surface area contributed by atoms with E-state index in [0.717, 1.165) is 23.5 Å². The fraction of sp³-hybridized carbons (Fsp3) is 0.562. The molecular formula is C16H19N3O3S2. The van der Waals surface area contributed by atoms with Crippen LogP contribution in [0, 0.1) is 6.92 Å². The van der Waals surface area contributed by atoms with E-state index in [1.807, 2.05) is 12.3 Å². The standard InChI is InChI=1S/C16H19N3O3S2/c1-11-18-12(6-24-11)5-21-13-2-3-22-16(4-13)8-19(9-16)15(20)14-7-23-10-17-14/h6-7,10,13H,2-5,8-9H2,1H3/t13-/m0/s1. The maximum absolute atomic E-state index is 12.3. The lowest BCUT2D eigenvalue weighted by Crippen LogP contribution is -2.67. The van der Waals surface area contributed by atoms with E-state index in [1.165, 1.54) is 11.3 Å². The molecule has 2 aromatic heterocycles. The molecule has 2 saturated heterocycles. The predicted molar refractivity (Wildman–Crippen MR) is 91.4 cm³/mol. The monoisotopic (exact) mass is 365 g/mol. The first-order valence-corrected chi connectivity index (χ1v) is 9.80. The van der Waals surface area contributed by atoms with Gasteiger partial charge in [0, 0.05) is 23.8 Å². The molecule has 2 aromatic rings. The van der Waals surface area contributed by atoms with Gasteiger partial charge in [0.05, 0.1) is 42.0 Å². The third-order valence-corrected chi connectivity index (χ3v) is 5.89. The summed E-state index contributed by atoms with van der Waals surface area (Å²) in [5, 5.41) is 4.89. The van der Waals surface area contributed by atoms with Gasteiger partial charge in [-0.25, -0.2) is 9.97 Å². The van der Waals surface area contributed by atoms with E-state index in [0.29, 0.717) is 32.0 Å². The normalized spacial score (nSPS) is 22.5. The molecule has 4 rings (SSSR count). The van der Waals surface area contributed by atoms with E-state index in [4.69, 9.17) is 9.47 Å². The van der Waals surface area contributed by atoms with Gasteiger partial charge in [-0.1, -0.05) is 0 Å². The molecule has 0 bridgehead atoms. The van der Waals surface area contributed by atoms with E-state index in [9.17, 15) is 4.79 Å². The summed E-state index contributed by atoms with van der Waals surface area (Å²) < 4.78 is 12.0. The smallest absolute Gasteiger partial charge is 0.273 e. The number of amides is 1. The van der Waals surface area contributed by atoms with Gasteiger partial charge < -0.3 is 14.4 Å². The summed E-state index contributed by atoms with van der Waals surface area (Å²) in [4.78, 5) is 22.6. The largest absolute Gasteiger partial charge is 0.372 e. The molecule has 128 valence electrons. The molecule has 1 amide bonds. The minimum atomic E-state index is -0.243. The van der Waals surface area contributed by atoms with Crippen LogP contribution in [0.4, 0.5) is 0 Å². The average Bonchev–Trinajstić information content (AvgIpc) is 3.22. The Morgan fingerprint density at radius 3 is 3.08 bits per heavy atom. The third kappa shape index (κ3) is 3.23. The highest BCUT2D eigenvalue weighted by molar-refractivity contribution is 7.09. The van der Waals surface area contributed by atoms with E-state index in [1.54, 1.807) is 27.1 Å². The number of ether oxygens (including phenoxy) is 2. The molecular weight excluding hydrogens is 346 g/mol. The number of thiazole rings is 2. The Hall–Kier alpha value is -1.35. The van der Waals surface area contributed by atoms with Gasteiger partial charge in [0.2, 0.25) is 0 Å². The Labute approximate surface area is 148 Å². The van der Waals surface area contributed by atoms with Crippen LogP contribution >= 0.6 is 22.7 Å². The lowest BCUT2D eigenvalue weighted by atomic mass is 9.84. The number of hydrogen-bond acceptors (Lipinski definition) is 7. The number of likely N-dealkylation sites (tertiary alicyclic amines) is 1. The zero-order chi connectivity index (χ0) is 16.6. The highest BCUT2D eigenvalue weighted by atomic mass is 32.1. The summed E-state index contributed by atoms with van der Waals surface area (Å²) in [6.45, 7) is 4.48. The fourth-order valence-corrected chi connectivity index (χ4v) is 4.42. The summed E-state index contributed by atoms with van der Waals surface area (Å²) >= 11 is 3.08. The van der Waals surface area contributed by atoms with Crippen LogP contribution < -0.4 is 0 Å². The Bertz CT molecular complexity index is 710. The summed E-state index contributed by atoms with van der Waals surface area (Å²) in [5.41, 5.74) is 2.96. The lowest BCUT2D eigenvalue weighted by molar-refractivity contribution is -0.188. The van der Waals surface area contributed by atoms with Gasteiger partial charge in [-0.2, -0.15) is 0 Å². The number of rotatable bonds is 4. The van der Waals surface area contributed by atoms with Gasteiger partial charge in [-0.3, -0.25) is 4.79 Å². The summed E-state index contributed by atoms with van der Waals surface area (Å²) in [6.07, 6.45) is 1.89. The molecule has 6 nitrogen and oxygen atoms in total. The van der Waals surface area contributed by atoms with Crippen molar-refractivity contribution in [3.05, 3.63) is 32.7 Å². The highest BCUT2D eigenvalue weighted by Gasteiger charge is 2.49. The van der Waals surface area contributed by atoms with Gasteiger partial charge in [0.15, 0.2) is 0 Å². The van der Waals surface area contributed by atoms with Gasteiger partial charge in [-0.05, 0) is 13.3 Å². The minimum Gasteiger partial charge on any atom is -0.372 e.